The van der Waals surface area contributed by atoms with Crippen LogP contribution in [0.15, 0.2) is 36.4 Å². The quantitative estimate of drug-likeness (QED) is 0.659. The van der Waals surface area contributed by atoms with E-state index in [2.05, 4.69) is 0 Å². The molecule has 0 saturated carbocycles. The standard InChI is InChI=1S/C14H10ClF4NO/c15-12-3-1-9(20)5-8(12)7-21-10-2-4-13(16)11(6-10)14(17,18)19/h1-6H,7,20H2. The van der Waals surface area contributed by atoms with E-state index in [1.165, 1.54) is 0 Å². The van der Waals surface area contributed by atoms with Crippen LogP contribution in [-0.2, 0) is 12.8 Å². The first-order chi connectivity index (χ1) is 9.77. The van der Waals surface area contributed by atoms with E-state index in [1.807, 2.05) is 0 Å². The average Bonchev–Trinajstić information content (AvgIpc) is 2.40. The van der Waals surface area contributed by atoms with E-state index in [4.69, 9.17) is 22.1 Å². The largest absolute Gasteiger partial charge is 0.489 e. The van der Waals surface area contributed by atoms with Gasteiger partial charge in [0, 0.05) is 16.3 Å². The summed E-state index contributed by atoms with van der Waals surface area (Å²) in [5, 5.41) is 0.377. The summed E-state index contributed by atoms with van der Waals surface area (Å²) in [5.41, 5.74) is 5.18. The summed E-state index contributed by atoms with van der Waals surface area (Å²) in [4.78, 5) is 0. The molecule has 112 valence electrons. The zero-order valence-electron chi connectivity index (χ0n) is 10.5. The van der Waals surface area contributed by atoms with Crippen LogP contribution in [0.25, 0.3) is 0 Å². The summed E-state index contributed by atoms with van der Waals surface area (Å²) in [6.45, 7) is -0.0766. The minimum absolute atomic E-state index is 0.0766. The number of alkyl halides is 3. The molecule has 0 radical (unpaired) electrons. The predicted molar refractivity (Wildman–Crippen MR) is 71.6 cm³/mol. The van der Waals surface area contributed by atoms with Gasteiger partial charge in [0.15, 0.2) is 0 Å². The number of hydrogen-bond acceptors (Lipinski definition) is 2. The number of rotatable bonds is 3. The Kier molecular flexibility index (Phi) is 4.27. The third-order valence-electron chi connectivity index (χ3n) is 2.71. The highest BCUT2D eigenvalue weighted by Crippen LogP contribution is 2.34. The van der Waals surface area contributed by atoms with E-state index in [9.17, 15) is 17.6 Å². The molecule has 2 aromatic rings. The second-order valence-corrected chi connectivity index (χ2v) is 4.69. The summed E-state index contributed by atoms with van der Waals surface area (Å²) < 4.78 is 56.1. The highest BCUT2D eigenvalue weighted by atomic mass is 35.5. The fourth-order valence-electron chi connectivity index (χ4n) is 1.68. The van der Waals surface area contributed by atoms with Crippen LogP contribution >= 0.6 is 11.6 Å². The monoisotopic (exact) mass is 319 g/mol. The van der Waals surface area contributed by atoms with Crippen molar-refractivity contribution >= 4 is 17.3 Å². The molecule has 0 aromatic heterocycles. The molecule has 21 heavy (non-hydrogen) atoms. The zero-order chi connectivity index (χ0) is 15.6. The van der Waals surface area contributed by atoms with Gasteiger partial charge in [0.2, 0.25) is 0 Å². The lowest BCUT2D eigenvalue weighted by Crippen LogP contribution is -2.08. The fraction of sp³-hybridized carbons (Fsp3) is 0.143. The summed E-state index contributed by atoms with van der Waals surface area (Å²) in [6.07, 6.45) is -4.78. The van der Waals surface area contributed by atoms with Gasteiger partial charge in [0.25, 0.3) is 0 Å². The van der Waals surface area contributed by atoms with Crippen molar-refractivity contribution in [3.05, 3.63) is 58.4 Å². The SMILES string of the molecule is Nc1ccc(Cl)c(COc2ccc(F)c(C(F)(F)F)c2)c1. The van der Waals surface area contributed by atoms with Gasteiger partial charge in [-0.05, 0) is 36.4 Å². The number of anilines is 1. The lowest BCUT2D eigenvalue weighted by atomic mass is 10.2. The number of halogens is 5. The van der Waals surface area contributed by atoms with Crippen LogP contribution in [0.3, 0.4) is 0 Å². The third-order valence-corrected chi connectivity index (χ3v) is 3.08. The van der Waals surface area contributed by atoms with Crippen LogP contribution in [-0.4, -0.2) is 0 Å². The second kappa shape index (κ2) is 5.81. The van der Waals surface area contributed by atoms with E-state index in [1.54, 1.807) is 18.2 Å². The molecule has 0 spiro atoms. The number of nitrogen functional groups attached to an aromatic ring is 1. The van der Waals surface area contributed by atoms with Crippen molar-refractivity contribution in [2.45, 2.75) is 12.8 Å². The van der Waals surface area contributed by atoms with Gasteiger partial charge in [-0.25, -0.2) is 4.39 Å². The topological polar surface area (TPSA) is 35.2 Å². The molecular formula is C14H10ClF4NO. The van der Waals surface area contributed by atoms with E-state index < -0.39 is 17.6 Å². The number of ether oxygens (including phenoxy) is 1. The lowest BCUT2D eigenvalue weighted by molar-refractivity contribution is -0.140. The highest BCUT2D eigenvalue weighted by Gasteiger charge is 2.34. The molecule has 2 rings (SSSR count). The number of nitrogens with two attached hydrogens (primary N) is 1. The Morgan fingerprint density at radius 3 is 2.48 bits per heavy atom. The van der Waals surface area contributed by atoms with Gasteiger partial charge in [-0.15, -0.1) is 0 Å². The van der Waals surface area contributed by atoms with E-state index in [-0.39, 0.29) is 12.4 Å². The maximum Gasteiger partial charge on any atom is 0.419 e. The Morgan fingerprint density at radius 2 is 1.81 bits per heavy atom. The molecule has 2 N–H and O–H groups in total. The molecule has 0 unspecified atom stereocenters. The molecule has 0 heterocycles. The van der Waals surface area contributed by atoms with E-state index in [0.29, 0.717) is 28.4 Å². The van der Waals surface area contributed by atoms with Crippen LogP contribution in [0.4, 0.5) is 23.2 Å². The van der Waals surface area contributed by atoms with Crippen LogP contribution in [0, 0.1) is 5.82 Å². The molecule has 0 bridgehead atoms. The van der Waals surface area contributed by atoms with Crippen molar-refractivity contribution in [2.75, 3.05) is 5.73 Å². The molecule has 2 nitrogen and oxygen atoms in total. The summed E-state index contributed by atoms with van der Waals surface area (Å²) in [6, 6.07) is 7.13. The van der Waals surface area contributed by atoms with Crippen molar-refractivity contribution < 1.29 is 22.3 Å². The summed E-state index contributed by atoms with van der Waals surface area (Å²) in [7, 11) is 0. The Morgan fingerprint density at radius 1 is 1.10 bits per heavy atom. The number of hydrogen-bond donors (Lipinski definition) is 1. The lowest BCUT2D eigenvalue weighted by Gasteiger charge is -2.12. The van der Waals surface area contributed by atoms with Gasteiger partial charge in [-0.2, -0.15) is 13.2 Å². The molecule has 0 amide bonds. The molecule has 7 heteroatoms. The Balaban J connectivity index is 2.19. The molecule has 0 aliphatic rings. The Bertz CT molecular complexity index is 658. The average molecular weight is 320 g/mol. The Hall–Kier alpha value is -1.95. The minimum atomic E-state index is -4.78. The Labute approximate surface area is 123 Å². The highest BCUT2D eigenvalue weighted by molar-refractivity contribution is 6.31. The molecule has 2 aromatic carbocycles. The van der Waals surface area contributed by atoms with Crippen LogP contribution < -0.4 is 10.5 Å². The molecule has 0 aliphatic heterocycles. The van der Waals surface area contributed by atoms with Gasteiger partial charge in [-0.3, -0.25) is 0 Å². The maximum atomic E-state index is 13.1. The van der Waals surface area contributed by atoms with Crippen LogP contribution in [0.2, 0.25) is 5.02 Å². The molecule has 0 saturated heterocycles. The normalized spacial score (nSPS) is 11.5. The van der Waals surface area contributed by atoms with Gasteiger partial charge < -0.3 is 10.5 Å². The minimum Gasteiger partial charge on any atom is -0.489 e. The smallest absolute Gasteiger partial charge is 0.419 e. The first-order valence-electron chi connectivity index (χ1n) is 5.81. The molecule has 0 atom stereocenters. The van der Waals surface area contributed by atoms with E-state index in [0.717, 1.165) is 6.07 Å². The van der Waals surface area contributed by atoms with Crippen LogP contribution in [0.1, 0.15) is 11.1 Å². The first kappa shape index (κ1) is 15.4. The third kappa shape index (κ3) is 3.78. The second-order valence-electron chi connectivity index (χ2n) is 4.28. The van der Waals surface area contributed by atoms with Crippen molar-refractivity contribution in [2.24, 2.45) is 0 Å². The van der Waals surface area contributed by atoms with E-state index >= 15 is 0 Å². The zero-order valence-corrected chi connectivity index (χ0v) is 11.3. The summed E-state index contributed by atoms with van der Waals surface area (Å²) >= 11 is 5.92. The number of benzene rings is 2. The van der Waals surface area contributed by atoms with Crippen molar-refractivity contribution in [3.63, 3.8) is 0 Å². The first-order valence-corrected chi connectivity index (χ1v) is 6.18. The molecule has 0 fully saturated rings. The molecular weight excluding hydrogens is 310 g/mol. The van der Waals surface area contributed by atoms with Gasteiger partial charge >= 0.3 is 6.18 Å². The van der Waals surface area contributed by atoms with Crippen molar-refractivity contribution in [3.8, 4) is 5.75 Å². The summed E-state index contributed by atoms with van der Waals surface area (Å²) in [5.74, 6) is -1.46. The predicted octanol–water partition coefficient (Wildman–Crippen LogP) is 4.66. The van der Waals surface area contributed by atoms with Crippen LogP contribution in [0.5, 0.6) is 5.75 Å². The maximum absolute atomic E-state index is 13.1. The van der Waals surface area contributed by atoms with Gasteiger partial charge in [0.1, 0.15) is 18.2 Å². The van der Waals surface area contributed by atoms with Gasteiger partial charge in [-0.1, -0.05) is 11.6 Å². The molecule has 0 aliphatic carbocycles. The fourth-order valence-corrected chi connectivity index (χ4v) is 1.85. The van der Waals surface area contributed by atoms with Gasteiger partial charge in [0.05, 0.1) is 5.56 Å². The van der Waals surface area contributed by atoms with Crippen molar-refractivity contribution in [1.29, 1.82) is 0 Å². The van der Waals surface area contributed by atoms with Crippen molar-refractivity contribution in [1.82, 2.24) is 0 Å².